The summed E-state index contributed by atoms with van der Waals surface area (Å²) < 4.78 is 5.97. The van der Waals surface area contributed by atoms with Crippen molar-refractivity contribution in [2.24, 2.45) is 0 Å². The molecule has 6 heteroatoms. The fourth-order valence-electron chi connectivity index (χ4n) is 0.503. The van der Waals surface area contributed by atoms with Gasteiger partial charge in [-0.05, 0) is 38.8 Å². The molecule has 0 atom stereocenters. The van der Waals surface area contributed by atoms with Gasteiger partial charge in [-0.1, -0.05) is 0 Å². The number of aromatic nitrogens is 3. The van der Waals surface area contributed by atoms with Crippen LogP contribution < -0.4 is 4.74 Å². The molecule has 4 nitrogen and oxygen atoms in total. The van der Waals surface area contributed by atoms with E-state index < -0.39 is 0 Å². The van der Waals surface area contributed by atoms with Crippen LogP contribution in [0.2, 0.25) is 0 Å². The van der Waals surface area contributed by atoms with Gasteiger partial charge >= 0.3 is 6.01 Å². The van der Waals surface area contributed by atoms with E-state index in [4.69, 9.17) is 4.74 Å². The van der Waals surface area contributed by atoms with E-state index in [1.165, 1.54) is 0 Å². The lowest BCUT2D eigenvalue weighted by Crippen LogP contribution is -1.99. The van der Waals surface area contributed by atoms with Gasteiger partial charge in [-0.2, -0.15) is 15.0 Å². The summed E-state index contributed by atoms with van der Waals surface area (Å²) >= 11 is 6.22. The standard InChI is InChI=1S/C5H5Br2N3O/c1-2-11-5-9-3(6)8-4(7)10-5/h2H2,1H3. The van der Waals surface area contributed by atoms with Crippen molar-refractivity contribution >= 4 is 31.9 Å². The van der Waals surface area contributed by atoms with Crippen LogP contribution in [0, 0.1) is 0 Å². The van der Waals surface area contributed by atoms with Crippen LogP contribution in [-0.2, 0) is 0 Å². The summed E-state index contributed by atoms with van der Waals surface area (Å²) in [6, 6.07) is 0.321. The van der Waals surface area contributed by atoms with Gasteiger partial charge in [0.25, 0.3) is 0 Å². The largest absolute Gasteiger partial charge is 0.464 e. The highest BCUT2D eigenvalue weighted by Gasteiger charge is 2.01. The van der Waals surface area contributed by atoms with Gasteiger partial charge in [-0.25, -0.2) is 0 Å². The maximum atomic E-state index is 5.05. The van der Waals surface area contributed by atoms with E-state index in [9.17, 15) is 0 Å². The Morgan fingerprint density at radius 3 is 2.18 bits per heavy atom. The normalized spacial score (nSPS) is 9.73. The molecule has 60 valence electrons. The Bertz CT molecular complexity index is 235. The first kappa shape index (κ1) is 8.86. The quantitative estimate of drug-likeness (QED) is 0.830. The highest BCUT2D eigenvalue weighted by atomic mass is 79.9. The Labute approximate surface area is 80.7 Å². The summed E-state index contributed by atoms with van der Waals surface area (Å²) in [7, 11) is 0. The van der Waals surface area contributed by atoms with Crippen LogP contribution >= 0.6 is 31.9 Å². The van der Waals surface area contributed by atoms with Gasteiger partial charge in [0.2, 0.25) is 9.47 Å². The number of rotatable bonds is 2. The molecule has 0 aromatic carbocycles. The maximum Gasteiger partial charge on any atom is 0.321 e. The number of ether oxygens (including phenoxy) is 1. The molecule has 0 bridgehead atoms. The average molecular weight is 283 g/mol. The lowest BCUT2D eigenvalue weighted by molar-refractivity contribution is 0.309. The molecule has 0 fully saturated rings. The first-order chi connectivity index (χ1) is 5.22. The zero-order valence-electron chi connectivity index (χ0n) is 5.71. The minimum atomic E-state index is 0.321. The van der Waals surface area contributed by atoms with Crippen molar-refractivity contribution in [1.29, 1.82) is 0 Å². The Morgan fingerprint density at radius 2 is 1.73 bits per heavy atom. The van der Waals surface area contributed by atoms with Crippen LogP contribution in [0.15, 0.2) is 9.47 Å². The molecule has 0 saturated carbocycles. The molecule has 11 heavy (non-hydrogen) atoms. The van der Waals surface area contributed by atoms with Crippen molar-refractivity contribution < 1.29 is 4.74 Å². The van der Waals surface area contributed by atoms with Gasteiger partial charge in [0.15, 0.2) is 0 Å². The fourth-order valence-corrected chi connectivity index (χ4v) is 1.38. The topological polar surface area (TPSA) is 47.9 Å². The van der Waals surface area contributed by atoms with Crippen molar-refractivity contribution in [1.82, 2.24) is 15.0 Å². The second-order valence-corrected chi connectivity index (χ2v) is 3.01. The highest BCUT2D eigenvalue weighted by Crippen LogP contribution is 2.11. The average Bonchev–Trinajstić information content (AvgIpc) is 1.85. The van der Waals surface area contributed by atoms with Gasteiger partial charge < -0.3 is 4.74 Å². The number of hydrogen-bond donors (Lipinski definition) is 0. The summed E-state index contributed by atoms with van der Waals surface area (Å²) in [5.41, 5.74) is 0. The molecule has 0 unspecified atom stereocenters. The fraction of sp³-hybridized carbons (Fsp3) is 0.400. The molecular formula is C5H5Br2N3O. The van der Waals surface area contributed by atoms with Crippen LogP contribution in [0.4, 0.5) is 0 Å². The summed E-state index contributed by atoms with van der Waals surface area (Å²) in [6.07, 6.45) is 0. The lowest BCUT2D eigenvalue weighted by atomic mass is 10.9. The molecule has 0 saturated heterocycles. The monoisotopic (exact) mass is 281 g/mol. The smallest absolute Gasteiger partial charge is 0.321 e. The SMILES string of the molecule is CCOc1nc(Br)nc(Br)n1. The predicted octanol–water partition coefficient (Wildman–Crippen LogP) is 1.80. The molecule has 0 aliphatic heterocycles. The van der Waals surface area contributed by atoms with Gasteiger partial charge in [-0.15, -0.1) is 0 Å². The Morgan fingerprint density at radius 1 is 1.18 bits per heavy atom. The van der Waals surface area contributed by atoms with Crippen molar-refractivity contribution in [2.45, 2.75) is 6.92 Å². The zero-order valence-corrected chi connectivity index (χ0v) is 8.88. The van der Waals surface area contributed by atoms with E-state index in [0.29, 0.717) is 22.1 Å². The first-order valence-electron chi connectivity index (χ1n) is 2.92. The second-order valence-electron chi connectivity index (χ2n) is 1.59. The zero-order chi connectivity index (χ0) is 8.27. The van der Waals surface area contributed by atoms with E-state index in [1.54, 1.807) is 0 Å². The molecule has 0 N–H and O–H groups in total. The minimum absolute atomic E-state index is 0.321. The number of halogens is 2. The summed E-state index contributed by atoms with van der Waals surface area (Å²) in [6.45, 7) is 2.41. The predicted molar refractivity (Wildman–Crippen MR) is 46.4 cm³/mol. The highest BCUT2D eigenvalue weighted by molar-refractivity contribution is 9.11. The Kier molecular flexibility index (Phi) is 3.19. The van der Waals surface area contributed by atoms with Gasteiger partial charge in [0, 0.05) is 0 Å². The summed E-state index contributed by atoms with van der Waals surface area (Å²) in [5, 5.41) is 0. The molecule has 0 aliphatic rings. The van der Waals surface area contributed by atoms with Crippen molar-refractivity contribution in [3.05, 3.63) is 9.47 Å². The van der Waals surface area contributed by atoms with Crippen LogP contribution in [0.5, 0.6) is 6.01 Å². The molecule has 1 heterocycles. The molecular weight excluding hydrogens is 278 g/mol. The third-order valence-electron chi connectivity index (χ3n) is 0.834. The van der Waals surface area contributed by atoms with E-state index in [1.807, 2.05) is 6.92 Å². The van der Waals surface area contributed by atoms with E-state index in [0.717, 1.165) is 0 Å². The number of nitrogens with zero attached hydrogens (tertiary/aromatic N) is 3. The van der Waals surface area contributed by atoms with Crippen LogP contribution in [0.25, 0.3) is 0 Å². The Hall–Kier alpha value is -0.230. The molecule has 1 rings (SSSR count). The minimum Gasteiger partial charge on any atom is -0.464 e. The Balaban J connectivity index is 2.89. The third-order valence-corrected chi connectivity index (χ3v) is 1.54. The van der Waals surface area contributed by atoms with E-state index in [-0.39, 0.29) is 0 Å². The third kappa shape index (κ3) is 2.70. The van der Waals surface area contributed by atoms with Crippen LogP contribution in [0.3, 0.4) is 0 Å². The first-order valence-corrected chi connectivity index (χ1v) is 4.51. The van der Waals surface area contributed by atoms with Crippen molar-refractivity contribution in [2.75, 3.05) is 6.61 Å². The molecule has 0 aliphatic carbocycles. The summed E-state index contributed by atoms with van der Waals surface area (Å²) in [4.78, 5) is 11.6. The molecule has 1 aromatic rings. The number of hydrogen-bond acceptors (Lipinski definition) is 4. The molecule has 0 radical (unpaired) electrons. The van der Waals surface area contributed by atoms with Gasteiger partial charge in [-0.3, -0.25) is 0 Å². The van der Waals surface area contributed by atoms with Crippen molar-refractivity contribution in [3.63, 3.8) is 0 Å². The van der Waals surface area contributed by atoms with Crippen molar-refractivity contribution in [3.8, 4) is 6.01 Å². The molecule has 1 aromatic heterocycles. The van der Waals surface area contributed by atoms with Gasteiger partial charge in [0.1, 0.15) is 0 Å². The maximum absolute atomic E-state index is 5.05. The second kappa shape index (κ2) is 3.96. The van der Waals surface area contributed by atoms with Gasteiger partial charge in [0.05, 0.1) is 6.61 Å². The molecule has 0 amide bonds. The van der Waals surface area contributed by atoms with E-state index in [2.05, 4.69) is 46.8 Å². The molecule has 0 spiro atoms. The van der Waals surface area contributed by atoms with E-state index >= 15 is 0 Å². The summed E-state index contributed by atoms with van der Waals surface area (Å²) in [5.74, 6) is 0. The van der Waals surface area contributed by atoms with Crippen LogP contribution in [0.1, 0.15) is 6.92 Å². The lowest BCUT2D eigenvalue weighted by Gasteiger charge is -1.99. The van der Waals surface area contributed by atoms with Crippen LogP contribution in [-0.4, -0.2) is 21.6 Å².